The Balaban J connectivity index is 1.53. The number of carbonyl (C=O) groups is 1. The Hall–Kier alpha value is -2.88. The standard InChI is InChI=1S/C23H19ClFN3O3S2/c24-16-9-11-18(12-10-16)33(30,31)14-4-8-21(29)28(15-17-5-1-2-13-26-17)23-27-22-19(25)6-3-7-20(22)32-23/h1-3,5-7,9-13H,4,8,14-15H2. The molecule has 4 rings (SSSR count). The van der Waals surface area contributed by atoms with E-state index in [1.807, 2.05) is 6.07 Å². The van der Waals surface area contributed by atoms with Gasteiger partial charge in [-0.25, -0.2) is 17.8 Å². The van der Waals surface area contributed by atoms with Crippen molar-refractivity contribution >= 4 is 54.0 Å². The highest BCUT2D eigenvalue weighted by molar-refractivity contribution is 7.91. The van der Waals surface area contributed by atoms with Crippen LogP contribution < -0.4 is 4.90 Å². The molecule has 6 nitrogen and oxygen atoms in total. The Bertz CT molecular complexity index is 1380. The molecule has 0 radical (unpaired) electrons. The average molecular weight is 504 g/mol. The molecule has 0 fully saturated rings. The van der Waals surface area contributed by atoms with Gasteiger partial charge in [0.25, 0.3) is 0 Å². The van der Waals surface area contributed by atoms with Gasteiger partial charge in [-0.15, -0.1) is 0 Å². The van der Waals surface area contributed by atoms with Crippen molar-refractivity contribution in [3.05, 3.63) is 83.4 Å². The van der Waals surface area contributed by atoms with Crippen LogP contribution in [0.5, 0.6) is 0 Å². The molecule has 0 saturated heterocycles. The number of hydrogen-bond donors (Lipinski definition) is 0. The largest absolute Gasteiger partial charge is 0.282 e. The maximum absolute atomic E-state index is 14.2. The second-order valence-electron chi connectivity index (χ2n) is 7.26. The van der Waals surface area contributed by atoms with Gasteiger partial charge in [0, 0.05) is 17.6 Å². The average Bonchev–Trinajstić information content (AvgIpc) is 3.23. The van der Waals surface area contributed by atoms with E-state index in [1.54, 1.807) is 30.5 Å². The van der Waals surface area contributed by atoms with E-state index >= 15 is 0 Å². The molecule has 0 bridgehead atoms. The van der Waals surface area contributed by atoms with E-state index in [0.717, 1.165) is 0 Å². The molecule has 0 N–H and O–H groups in total. The van der Waals surface area contributed by atoms with Crippen LogP contribution >= 0.6 is 22.9 Å². The highest BCUT2D eigenvalue weighted by Gasteiger charge is 2.23. The normalized spacial score (nSPS) is 11.6. The van der Waals surface area contributed by atoms with Crippen molar-refractivity contribution in [2.75, 3.05) is 10.7 Å². The van der Waals surface area contributed by atoms with Crippen molar-refractivity contribution in [1.29, 1.82) is 0 Å². The van der Waals surface area contributed by atoms with Gasteiger partial charge >= 0.3 is 0 Å². The molecule has 0 saturated carbocycles. The van der Waals surface area contributed by atoms with Gasteiger partial charge in [0.1, 0.15) is 11.3 Å². The quantitative estimate of drug-likeness (QED) is 0.327. The summed E-state index contributed by atoms with van der Waals surface area (Å²) < 4.78 is 39.9. The third-order valence-corrected chi connectivity index (χ3v) is 8.03. The third-order valence-electron chi connectivity index (χ3n) is 4.91. The van der Waals surface area contributed by atoms with Gasteiger partial charge in [-0.3, -0.25) is 14.7 Å². The van der Waals surface area contributed by atoms with E-state index in [2.05, 4.69) is 9.97 Å². The molecule has 0 unspecified atom stereocenters. The smallest absolute Gasteiger partial charge is 0.229 e. The number of sulfone groups is 1. The number of pyridine rings is 1. The van der Waals surface area contributed by atoms with Crippen LogP contribution in [0.4, 0.5) is 9.52 Å². The van der Waals surface area contributed by atoms with E-state index in [0.29, 0.717) is 20.5 Å². The van der Waals surface area contributed by atoms with E-state index in [4.69, 9.17) is 11.6 Å². The number of anilines is 1. The number of para-hydroxylation sites is 1. The maximum Gasteiger partial charge on any atom is 0.229 e. The minimum absolute atomic E-state index is 0.0158. The fraction of sp³-hybridized carbons (Fsp3) is 0.174. The first-order chi connectivity index (χ1) is 15.8. The van der Waals surface area contributed by atoms with Gasteiger partial charge in [0.2, 0.25) is 5.91 Å². The van der Waals surface area contributed by atoms with Crippen LogP contribution in [0.1, 0.15) is 18.5 Å². The number of thiazole rings is 1. The van der Waals surface area contributed by atoms with Crippen LogP contribution in [-0.2, 0) is 21.2 Å². The van der Waals surface area contributed by atoms with E-state index < -0.39 is 15.7 Å². The molecule has 2 aromatic heterocycles. The first-order valence-electron chi connectivity index (χ1n) is 10.1. The third kappa shape index (κ3) is 5.55. The summed E-state index contributed by atoms with van der Waals surface area (Å²) in [5.41, 5.74) is 0.834. The lowest BCUT2D eigenvalue weighted by atomic mass is 10.2. The van der Waals surface area contributed by atoms with E-state index in [9.17, 15) is 17.6 Å². The number of halogens is 2. The number of amides is 1. The van der Waals surface area contributed by atoms with Crippen molar-refractivity contribution in [3.63, 3.8) is 0 Å². The topological polar surface area (TPSA) is 80.2 Å². The lowest BCUT2D eigenvalue weighted by Gasteiger charge is -2.19. The Morgan fingerprint density at radius 1 is 1.06 bits per heavy atom. The molecule has 4 aromatic rings. The molecule has 2 aromatic carbocycles. The van der Waals surface area contributed by atoms with Gasteiger partial charge in [-0.1, -0.05) is 35.1 Å². The molecule has 0 aliphatic rings. The molecule has 0 aliphatic heterocycles. The molecular formula is C23H19ClFN3O3S2. The van der Waals surface area contributed by atoms with Crippen LogP contribution in [-0.4, -0.2) is 30.0 Å². The molecule has 10 heteroatoms. The van der Waals surface area contributed by atoms with Crippen molar-refractivity contribution < 1.29 is 17.6 Å². The molecule has 33 heavy (non-hydrogen) atoms. The minimum Gasteiger partial charge on any atom is -0.282 e. The SMILES string of the molecule is O=C(CCCS(=O)(=O)c1ccc(Cl)cc1)N(Cc1ccccn1)c1nc2c(F)cccc2s1. The summed E-state index contributed by atoms with van der Waals surface area (Å²) >= 11 is 7.03. The summed E-state index contributed by atoms with van der Waals surface area (Å²) in [7, 11) is -3.55. The van der Waals surface area contributed by atoms with Crippen LogP contribution in [0.3, 0.4) is 0 Å². The summed E-state index contributed by atoms with van der Waals surface area (Å²) in [6.07, 6.45) is 1.73. The molecule has 2 heterocycles. The van der Waals surface area contributed by atoms with Crippen molar-refractivity contribution in [1.82, 2.24) is 9.97 Å². The van der Waals surface area contributed by atoms with Crippen LogP contribution in [0.15, 0.2) is 71.8 Å². The maximum atomic E-state index is 14.2. The number of aromatic nitrogens is 2. The molecule has 170 valence electrons. The van der Waals surface area contributed by atoms with Gasteiger partial charge in [-0.2, -0.15) is 0 Å². The zero-order valence-corrected chi connectivity index (χ0v) is 19.7. The number of benzene rings is 2. The second-order valence-corrected chi connectivity index (χ2v) is 10.8. The minimum atomic E-state index is -3.55. The van der Waals surface area contributed by atoms with E-state index in [1.165, 1.54) is 46.6 Å². The summed E-state index contributed by atoms with van der Waals surface area (Å²) in [6.45, 7) is 0.144. The van der Waals surface area contributed by atoms with Gasteiger partial charge < -0.3 is 0 Å². The summed E-state index contributed by atoms with van der Waals surface area (Å²) in [6, 6.07) is 15.9. The van der Waals surface area contributed by atoms with Gasteiger partial charge in [-0.05, 0) is 55.0 Å². The van der Waals surface area contributed by atoms with Crippen LogP contribution in [0, 0.1) is 5.82 Å². The highest BCUT2D eigenvalue weighted by Crippen LogP contribution is 2.31. The Morgan fingerprint density at radius 2 is 1.85 bits per heavy atom. The Kier molecular flexibility index (Phi) is 7.02. The Morgan fingerprint density at radius 3 is 2.55 bits per heavy atom. The zero-order valence-electron chi connectivity index (χ0n) is 17.3. The molecule has 1 amide bonds. The lowest BCUT2D eigenvalue weighted by molar-refractivity contribution is -0.118. The second kappa shape index (κ2) is 9.94. The predicted molar refractivity (Wildman–Crippen MR) is 128 cm³/mol. The molecular weight excluding hydrogens is 485 g/mol. The summed E-state index contributed by atoms with van der Waals surface area (Å²) in [5, 5.41) is 0.785. The zero-order chi connectivity index (χ0) is 23.4. The fourth-order valence-corrected chi connectivity index (χ4v) is 5.68. The van der Waals surface area contributed by atoms with Crippen LogP contribution in [0.25, 0.3) is 10.2 Å². The van der Waals surface area contributed by atoms with Gasteiger partial charge in [0.05, 0.1) is 27.6 Å². The summed E-state index contributed by atoms with van der Waals surface area (Å²) in [5.74, 6) is -0.965. The lowest BCUT2D eigenvalue weighted by Crippen LogP contribution is -2.30. The highest BCUT2D eigenvalue weighted by atomic mass is 35.5. The Labute approximate surface area is 199 Å². The molecule has 0 aliphatic carbocycles. The van der Waals surface area contributed by atoms with Gasteiger partial charge in [0.15, 0.2) is 15.0 Å². The number of rotatable bonds is 8. The number of fused-ring (bicyclic) bond motifs is 1. The first kappa shape index (κ1) is 23.3. The fourth-order valence-electron chi connectivity index (χ4n) is 3.24. The number of carbonyl (C=O) groups excluding carboxylic acids is 1. The van der Waals surface area contributed by atoms with Crippen LogP contribution in [0.2, 0.25) is 5.02 Å². The predicted octanol–water partition coefficient (Wildman–Crippen LogP) is 5.27. The van der Waals surface area contributed by atoms with E-state index in [-0.39, 0.29) is 41.5 Å². The summed E-state index contributed by atoms with van der Waals surface area (Å²) in [4.78, 5) is 23.3. The van der Waals surface area contributed by atoms with Crippen molar-refractivity contribution in [3.8, 4) is 0 Å². The van der Waals surface area contributed by atoms with Crippen molar-refractivity contribution in [2.24, 2.45) is 0 Å². The first-order valence-corrected chi connectivity index (χ1v) is 12.9. The molecule has 0 spiro atoms. The monoisotopic (exact) mass is 503 g/mol. The number of nitrogens with zero attached hydrogens (tertiary/aromatic N) is 3. The molecule has 0 atom stereocenters. The number of hydrogen-bond acceptors (Lipinski definition) is 6. The van der Waals surface area contributed by atoms with Crippen molar-refractivity contribution in [2.45, 2.75) is 24.3 Å².